The lowest BCUT2D eigenvalue weighted by atomic mass is 9.97. The third-order valence-electron chi connectivity index (χ3n) is 5.33. The lowest BCUT2D eigenvalue weighted by Gasteiger charge is -2.33. The highest BCUT2D eigenvalue weighted by atomic mass is 16.6. The number of nitro groups is 1. The topological polar surface area (TPSA) is 103 Å². The van der Waals surface area contributed by atoms with E-state index in [0.29, 0.717) is 30.3 Å². The fourth-order valence-corrected chi connectivity index (χ4v) is 3.53. The van der Waals surface area contributed by atoms with Crippen molar-refractivity contribution in [3.05, 3.63) is 51.6 Å². The van der Waals surface area contributed by atoms with Crippen molar-refractivity contribution in [3.63, 3.8) is 0 Å². The number of carbonyl (C=O) groups excluding carboxylic acids is 1. The van der Waals surface area contributed by atoms with Crippen molar-refractivity contribution in [2.45, 2.75) is 25.9 Å². The Morgan fingerprint density at radius 2 is 1.77 bits per heavy atom. The molecule has 160 valence electrons. The van der Waals surface area contributed by atoms with E-state index in [0.717, 1.165) is 17.5 Å². The summed E-state index contributed by atoms with van der Waals surface area (Å²) in [4.78, 5) is 25.7. The Labute approximate surface area is 174 Å². The predicted molar refractivity (Wildman–Crippen MR) is 111 cm³/mol. The summed E-state index contributed by atoms with van der Waals surface area (Å²) in [7, 11) is 4.62. The second-order valence-electron chi connectivity index (χ2n) is 7.00. The third-order valence-corrected chi connectivity index (χ3v) is 5.33. The average molecular weight is 415 g/mol. The standard InChI is InChI=1S/C21H25N3O6/c1-13(21(25)22-17-6-5-16(28-2)11-18(17)24(26)27)23-8-7-14-9-19(29-3)20(30-4)10-15(14)12-23/h5-6,9-11,13H,7-8,12H2,1-4H3,(H,22,25). The van der Waals surface area contributed by atoms with Crippen LogP contribution in [0.15, 0.2) is 30.3 Å². The van der Waals surface area contributed by atoms with Crippen LogP contribution in [0.4, 0.5) is 11.4 Å². The highest BCUT2D eigenvalue weighted by Gasteiger charge is 2.28. The maximum Gasteiger partial charge on any atom is 0.296 e. The first-order valence-corrected chi connectivity index (χ1v) is 9.49. The van der Waals surface area contributed by atoms with Gasteiger partial charge in [0.25, 0.3) is 5.69 Å². The van der Waals surface area contributed by atoms with E-state index in [1.807, 2.05) is 17.0 Å². The van der Waals surface area contributed by atoms with Crippen LogP contribution in [0, 0.1) is 10.1 Å². The van der Waals surface area contributed by atoms with Gasteiger partial charge in [-0.1, -0.05) is 0 Å². The Bertz CT molecular complexity index is 962. The normalized spacial score (nSPS) is 14.4. The lowest BCUT2D eigenvalue weighted by molar-refractivity contribution is -0.384. The molecule has 0 aromatic heterocycles. The molecule has 0 aliphatic carbocycles. The van der Waals surface area contributed by atoms with Crippen molar-refractivity contribution >= 4 is 17.3 Å². The van der Waals surface area contributed by atoms with E-state index in [1.165, 1.54) is 19.2 Å². The first-order valence-electron chi connectivity index (χ1n) is 9.49. The first kappa shape index (κ1) is 21.4. The number of nitrogens with one attached hydrogen (secondary N) is 1. The van der Waals surface area contributed by atoms with Crippen LogP contribution in [0.5, 0.6) is 17.2 Å². The Morgan fingerprint density at radius 1 is 1.10 bits per heavy atom. The SMILES string of the molecule is COc1ccc(NC(=O)C(C)N2CCc3cc(OC)c(OC)cc3C2)c([N+](=O)[O-])c1. The number of amides is 1. The molecule has 3 rings (SSSR count). The van der Waals surface area contributed by atoms with Gasteiger partial charge in [0.2, 0.25) is 5.91 Å². The minimum Gasteiger partial charge on any atom is -0.496 e. The van der Waals surface area contributed by atoms with Gasteiger partial charge in [-0.2, -0.15) is 0 Å². The number of nitrogens with zero attached hydrogens (tertiary/aromatic N) is 2. The van der Waals surface area contributed by atoms with Crippen LogP contribution in [0.25, 0.3) is 0 Å². The van der Waals surface area contributed by atoms with Crippen LogP contribution in [-0.4, -0.2) is 49.6 Å². The molecule has 1 atom stereocenters. The predicted octanol–water partition coefficient (Wildman–Crippen LogP) is 3.01. The number of carbonyl (C=O) groups is 1. The zero-order valence-corrected chi connectivity index (χ0v) is 17.4. The third kappa shape index (κ3) is 4.30. The van der Waals surface area contributed by atoms with Crippen LogP contribution < -0.4 is 19.5 Å². The molecule has 2 aromatic rings. The summed E-state index contributed by atoms with van der Waals surface area (Å²) in [5.41, 5.74) is 2.15. The Kier molecular flexibility index (Phi) is 6.41. The molecule has 9 nitrogen and oxygen atoms in total. The van der Waals surface area contributed by atoms with Gasteiger partial charge < -0.3 is 19.5 Å². The van der Waals surface area contributed by atoms with Gasteiger partial charge in [-0.15, -0.1) is 0 Å². The van der Waals surface area contributed by atoms with Gasteiger partial charge in [0.15, 0.2) is 11.5 Å². The molecule has 1 amide bonds. The number of fused-ring (bicyclic) bond motifs is 1. The van der Waals surface area contributed by atoms with Crippen molar-refractivity contribution in [2.24, 2.45) is 0 Å². The zero-order chi connectivity index (χ0) is 21.8. The van der Waals surface area contributed by atoms with Gasteiger partial charge >= 0.3 is 0 Å². The number of benzene rings is 2. The molecule has 30 heavy (non-hydrogen) atoms. The molecule has 0 fully saturated rings. The van der Waals surface area contributed by atoms with Crippen LogP contribution in [0.1, 0.15) is 18.1 Å². The molecular weight excluding hydrogens is 390 g/mol. The molecule has 9 heteroatoms. The molecule has 0 saturated carbocycles. The highest BCUT2D eigenvalue weighted by Crippen LogP contribution is 2.34. The van der Waals surface area contributed by atoms with Gasteiger partial charge in [-0.25, -0.2) is 0 Å². The summed E-state index contributed by atoms with van der Waals surface area (Å²) in [6.45, 7) is 3.03. The number of hydrogen-bond donors (Lipinski definition) is 1. The molecule has 1 aliphatic rings. The van der Waals surface area contributed by atoms with E-state index in [4.69, 9.17) is 14.2 Å². The zero-order valence-electron chi connectivity index (χ0n) is 17.4. The van der Waals surface area contributed by atoms with Crippen LogP contribution in [-0.2, 0) is 17.8 Å². The van der Waals surface area contributed by atoms with Gasteiger partial charge in [0.05, 0.1) is 38.4 Å². The van der Waals surface area contributed by atoms with Gasteiger partial charge in [0.1, 0.15) is 11.4 Å². The van der Waals surface area contributed by atoms with Gasteiger partial charge in [-0.05, 0) is 48.7 Å². The second-order valence-corrected chi connectivity index (χ2v) is 7.00. The molecule has 0 spiro atoms. The molecule has 1 N–H and O–H groups in total. The fraction of sp³-hybridized carbons (Fsp3) is 0.381. The smallest absolute Gasteiger partial charge is 0.296 e. The highest BCUT2D eigenvalue weighted by molar-refractivity contribution is 5.96. The number of nitro benzene ring substituents is 1. The number of methoxy groups -OCH3 is 3. The van der Waals surface area contributed by atoms with Crippen LogP contribution in [0.3, 0.4) is 0 Å². The van der Waals surface area contributed by atoms with E-state index >= 15 is 0 Å². The van der Waals surface area contributed by atoms with Crippen molar-refractivity contribution in [3.8, 4) is 17.2 Å². The van der Waals surface area contributed by atoms with Crippen LogP contribution in [0.2, 0.25) is 0 Å². The van der Waals surface area contributed by atoms with Gasteiger partial charge in [-0.3, -0.25) is 19.8 Å². The molecule has 0 radical (unpaired) electrons. The van der Waals surface area contributed by atoms with E-state index in [1.54, 1.807) is 27.2 Å². The summed E-state index contributed by atoms with van der Waals surface area (Å²) in [5, 5.41) is 14.0. The Hall–Kier alpha value is -3.33. The monoisotopic (exact) mass is 415 g/mol. The van der Waals surface area contributed by atoms with Crippen molar-refractivity contribution in [2.75, 3.05) is 33.2 Å². The van der Waals surface area contributed by atoms with E-state index in [-0.39, 0.29) is 17.3 Å². The van der Waals surface area contributed by atoms with E-state index < -0.39 is 11.0 Å². The number of hydrogen-bond acceptors (Lipinski definition) is 7. The summed E-state index contributed by atoms with van der Waals surface area (Å²) in [5.74, 6) is 1.36. The van der Waals surface area contributed by atoms with Crippen molar-refractivity contribution in [1.82, 2.24) is 4.90 Å². The molecule has 1 unspecified atom stereocenters. The maximum absolute atomic E-state index is 12.8. The summed E-state index contributed by atoms with van der Waals surface area (Å²) >= 11 is 0. The van der Waals surface area contributed by atoms with Crippen LogP contribution >= 0.6 is 0 Å². The minimum absolute atomic E-state index is 0.140. The molecule has 1 heterocycles. The second kappa shape index (κ2) is 9.00. The summed E-state index contributed by atoms with van der Waals surface area (Å²) < 4.78 is 15.8. The Morgan fingerprint density at radius 3 is 2.37 bits per heavy atom. The molecular formula is C21H25N3O6. The van der Waals surface area contributed by atoms with Crippen molar-refractivity contribution < 1.29 is 23.9 Å². The number of anilines is 1. The maximum atomic E-state index is 12.8. The minimum atomic E-state index is -0.542. The molecule has 0 bridgehead atoms. The largest absolute Gasteiger partial charge is 0.496 e. The first-order chi connectivity index (χ1) is 14.4. The average Bonchev–Trinajstić information content (AvgIpc) is 2.77. The molecule has 1 aliphatic heterocycles. The number of ether oxygens (including phenoxy) is 3. The van der Waals surface area contributed by atoms with Gasteiger partial charge in [0, 0.05) is 13.1 Å². The summed E-state index contributed by atoms with van der Waals surface area (Å²) in [6.07, 6.45) is 0.760. The molecule has 2 aromatic carbocycles. The van der Waals surface area contributed by atoms with E-state index in [9.17, 15) is 14.9 Å². The summed E-state index contributed by atoms with van der Waals surface area (Å²) in [6, 6.07) is 7.76. The Balaban J connectivity index is 1.76. The number of rotatable bonds is 7. The van der Waals surface area contributed by atoms with Crippen molar-refractivity contribution in [1.29, 1.82) is 0 Å². The fourth-order valence-electron chi connectivity index (χ4n) is 3.53. The van der Waals surface area contributed by atoms with E-state index in [2.05, 4.69) is 5.32 Å². The lowest BCUT2D eigenvalue weighted by Crippen LogP contribution is -2.44. The molecule has 0 saturated heterocycles. The quantitative estimate of drug-likeness (QED) is 0.548.